The van der Waals surface area contributed by atoms with Crippen LogP contribution in [-0.2, 0) is 0 Å². The van der Waals surface area contributed by atoms with Crippen molar-refractivity contribution in [2.75, 3.05) is 0 Å². The largest absolute Gasteiger partial charge is 0.353 e. The quantitative estimate of drug-likeness (QED) is 0.395. The summed E-state index contributed by atoms with van der Waals surface area (Å²) in [4.78, 5) is 17.4. The Morgan fingerprint density at radius 3 is 1.22 bits per heavy atom. The smallest absolute Gasteiger partial charge is 0.0907 e. The Hall–Kier alpha value is -3.40. The molecule has 2 aliphatic heterocycles. The predicted octanol–water partition coefficient (Wildman–Crippen LogP) is 7.45. The lowest BCUT2D eigenvalue weighted by Crippen LogP contribution is -1.82. The maximum atomic E-state index is 5.04. The summed E-state index contributed by atoms with van der Waals surface area (Å²) < 4.78 is 0. The van der Waals surface area contributed by atoms with E-state index in [-0.39, 0.29) is 0 Å². The number of hydrogen-bond acceptors (Lipinski definition) is 2. The molecule has 4 nitrogen and oxygen atoms in total. The van der Waals surface area contributed by atoms with Crippen LogP contribution in [0.2, 0.25) is 0 Å². The maximum absolute atomic E-state index is 5.04. The average Bonchev–Trinajstić information content (AvgIpc) is 3.41. The fourth-order valence-electron chi connectivity index (χ4n) is 4.68. The van der Waals surface area contributed by atoms with Crippen LogP contribution in [0, 0.1) is 27.7 Å². The van der Waals surface area contributed by atoms with Crippen LogP contribution in [0.15, 0.2) is 24.3 Å². The Morgan fingerprint density at radius 1 is 0.469 bits per heavy atom. The van der Waals surface area contributed by atoms with Gasteiger partial charge in [-0.15, -0.1) is 0 Å². The van der Waals surface area contributed by atoms with Gasteiger partial charge in [0.15, 0.2) is 0 Å². The van der Waals surface area contributed by atoms with Crippen molar-refractivity contribution in [3.8, 4) is 0 Å². The van der Waals surface area contributed by atoms with E-state index < -0.39 is 0 Å². The highest BCUT2D eigenvalue weighted by molar-refractivity contribution is 5.97. The fraction of sp³-hybridized carbons (Fsp3) is 0.286. The number of nitrogens with zero attached hydrogens (tertiary/aromatic N) is 2. The minimum Gasteiger partial charge on any atom is -0.353 e. The molecule has 5 rings (SSSR count). The minimum atomic E-state index is 1.02. The fourth-order valence-corrected chi connectivity index (χ4v) is 4.68. The molecule has 3 aromatic heterocycles. The number of rotatable bonds is 0. The molecule has 0 aliphatic carbocycles. The molecular formula is C28H30N4. The van der Waals surface area contributed by atoms with Crippen LogP contribution in [0.4, 0.5) is 0 Å². The van der Waals surface area contributed by atoms with E-state index in [2.05, 4.69) is 89.6 Å². The first kappa shape index (κ1) is 20.5. The molecule has 32 heavy (non-hydrogen) atoms. The highest BCUT2D eigenvalue weighted by Crippen LogP contribution is 2.35. The number of aromatic nitrogens is 4. The second-order valence-electron chi connectivity index (χ2n) is 9.19. The number of H-pyrrole nitrogens is 2. The molecular weight excluding hydrogens is 392 g/mol. The van der Waals surface area contributed by atoms with Gasteiger partial charge in [-0.3, -0.25) is 0 Å². The molecule has 0 unspecified atom stereocenters. The van der Waals surface area contributed by atoms with Crippen LogP contribution in [0.1, 0.15) is 72.7 Å². The Bertz CT molecular complexity index is 1420. The van der Waals surface area contributed by atoms with Crippen LogP contribution in [0.3, 0.4) is 0 Å². The lowest BCUT2D eigenvalue weighted by atomic mass is 10.1. The zero-order chi connectivity index (χ0) is 22.9. The van der Waals surface area contributed by atoms with Gasteiger partial charge in [0.2, 0.25) is 0 Å². The zero-order valence-electron chi connectivity index (χ0n) is 20.2. The lowest BCUT2D eigenvalue weighted by Gasteiger charge is -1.97. The molecule has 0 saturated heterocycles. The summed E-state index contributed by atoms with van der Waals surface area (Å²) in [7, 11) is 0. The molecule has 3 aromatic rings. The first-order chi connectivity index (χ1) is 15.2. The second-order valence-corrected chi connectivity index (χ2v) is 9.19. The van der Waals surface area contributed by atoms with E-state index in [1.807, 2.05) is 0 Å². The standard InChI is InChI=1S/C28H30N4/c1-13-17(5)25-26-18(6)14(2)23(30-26)11-12-24-16(4)20(8)28(32-24)27-19(7)15(3)22(31-27)10-9-21(13)29-25/h9-12,29,32H,1-8H3. The normalized spacial score (nSPS) is 14.0. The summed E-state index contributed by atoms with van der Waals surface area (Å²) in [5.41, 5.74) is 18.4. The van der Waals surface area contributed by atoms with E-state index in [0.29, 0.717) is 0 Å². The van der Waals surface area contributed by atoms with Gasteiger partial charge >= 0.3 is 0 Å². The highest BCUT2D eigenvalue weighted by Gasteiger charge is 2.19. The van der Waals surface area contributed by atoms with Crippen LogP contribution in [0.25, 0.3) is 44.4 Å². The van der Waals surface area contributed by atoms with Gasteiger partial charge in [-0.05, 0) is 124 Å². The lowest BCUT2D eigenvalue weighted by molar-refractivity contribution is 1.28. The molecule has 5 heterocycles. The third-order valence-corrected chi connectivity index (χ3v) is 7.56. The first-order valence-electron chi connectivity index (χ1n) is 11.2. The third kappa shape index (κ3) is 2.82. The monoisotopic (exact) mass is 422 g/mol. The molecule has 0 aromatic carbocycles. The van der Waals surface area contributed by atoms with Crippen LogP contribution in [-0.4, -0.2) is 19.9 Å². The summed E-state index contributed by atoms with van der Waals surface area (Å²) >= 11 is 0. The number of aryl methyl sites for hydroxylation is 4. The molecule has 2 aliphatic rings. The number of aromatic amines is 2. The van der Waals surface area contributed by atoms with E-state index in [1.165, 1.54) is 44.5 Å². The molecule has 2 N–H and O–H groups in total. The van der Waals surface area contributed by atoms with E-state index in [4.69, 9.17) is 9.97 Å². The van der Waals surface area contributed by atoms with E-state index in [0.717, 1.165) is 44.8 Å². The van der Waals surface area contributed by atoms with Gasteiger partial charge < -0.3 is 9.97 Å². The molecule has 0 radical (unpaired) electrons. The summed E-state index contributed by atoms with van der Waals surface area (Å²) in [6, 6.07) is 8.57. The molecule has 4 heteroatoms. The number of nitrogens with one attached hydrogen (secondary N) is 2. The van der Waals surface area contributed by atoms with E-state index in [1.54, 1.807) is 0 Å². The summed E-state index contributed by atoms with van der Waals surface area (Å²) in [5, 5.41) is 0. The first-order valence-corrected chi connectivity index (χ1v) is 11.2. The number of hydrogen-bond donors (Lipinski definition) is 2. The summed E-state index contributed by atoms with van der Waals surface area (Å²) in [6.07, 6.45) is 0. The predicted molar refractivity (Wildman–Crippen MR) is 136 cm³/mol. The van der Waals surface area contributed by atoms with Gasteiger partial charge in [-0.2, -0.15) is 0 Å². The second kappa shape index (κ2) is 7.06. The molecule has 0 atom stereocenters. The number of fused-ring (bicyclic) bond motifs is 10. The Labute approximate surface area is 189 Å². The molecule has 0 amide bonds. The van der Waals surface area contributed by atoms with Gasteiger partial charge in [-0.1, -0.05) is 0 Å². The number of allylic oxidation sites excluding steroid dienone is 4. The SMILES string of the molecule is CC1=C(C)c2nc1ccc1[nH]c(c3nc(ccc4[nH]c2c(C)c4C)C(C)=C3C)c(C)c1C. The van der Waals surface area contributed by atoms with Crippen molar-refractivity contribution in [3.05, 3.63) is 69.3 Å². The van der Waals surface area contributed by atoms with Crippen molar-refractivity contribution < 1.29 is 0 Å². The van der Waals surface area contributed by atoms with Gasteiger partial charge in [-0.25, -0.2) is 9.97 Å². The van der Waals surface area contributed by atoms with Gasteiger partial charge in [0.25, 0.3) is 0 Å². The van der Waals surface area contributed by atoms with E-state index in [9.17, 15) is 0 Å². The third-order valence-electron chi connectivity index (χ3n) is 7.56. The molecule has 162 valence electrons. The molecule has 0 saturated carbocycles. The Morgan fingerprint density at radius 2 is 0.844 bits per heavy atom. The Kier molecular flexibility index (Phi) is 4.52. The topological polar surface area (TPSA) is 57.4 Å². The maximum Gasteiger partial charge on any atom is 0.0907 e. The van der Waals surface area contributed by atoms with Crippen molar-refractivity contribution in [2.45, 2.75) is 55.4 Å². The Balaban J connectivity index is 1.99. The molecule has 0 fully saturated rings. The van der Waals surface area contributed by atoms with Crippen LogP contribution in [0.5, 0.6) is 0 Å². The van der Waals surface area contributed by atoms with Crippen molar-refractivity contribution in [1.29, 1.82) is 0 Å². The van der Waals surface area contributed by atoms with Crippen LogP contribution >= 0.6 is 0 Å². The summed E-state index contributed by atoms with van der Waals surface area (Å²) in [5.74, 6) is 0. The van der Waals surface area contributed by atoms with Crippen LogP contribution < -0.4 is 0 Å². The van der Waals surface area contributed by atoms with Gasteiger partial charge in [0.05, 0.1) is 33.8 Å². The van der Waals surface area contributed by atoms with Gasteiger partial charge in [0, 0.05) is 11.0 Å². The molecule has 0 spiro atoms. The van der Waals surface area contributed by atoms with Crippen molar-refractivity contribution >= 4 is 44.4 Å². The average molecular weight is 423 g/mol. The van der Waals surface area contributed by atoms with E-state index >= 15 is 0 Å². The van der Waals surface area contributed by atoms with Gasteiger partial charge in [0.1, 0.15) is 0 Å². The minimum absolute atomic E-state index is 1.02. The zero-order valence-corrected chi connectivity index (χ0v) is 20.2. The highest BCUT2D eigenvalue weighted by atomic mass is 14.8. The van der Waals surface area contributed by atoms with Crippen molar-refractivity contribution in [1.82, 2.24) is 19.9 Å². The molecule has 8 bridgehead atoms. The van der Waals surface area contributed by atoms with Crippen molar-refractivity contribution in [2.24, 2.45) is 0 Å². The van der Waals surface area contributed by atoms with Crippen molar-refractivity contribution in [3.63, 3.8) is 0 Å². The summed E-state index contributed by atoms with van der Waals surface area (Å²) in [6.45, 7) is 17.3.